The number of aryl methyl sites for hydroxylation is 1. The van der Waals surface area contributed by atoms with Crippen molar-refractivity contribution in [3.05, 3.63) is 63.9 Å². The van der Waals surface area contributed by atoms with Gasteiger partial charge in [0, 0.05) is 4.47 Å². The predicted octanol–water partition coefficient (Wildman–Crippen LogP) is 3.54. The van der Waals surface area contributed by atoms with Crippen molar-refractivity contribution >= 4 is 27.5 Å². The van der Waals surface area contributed by atoms with E-state index in [4.69, 9.17) is 5.73 Å². The number of para-hydroxylation sites is 1. The Kier molecular flexibility index (Phi) is 4.39. The van der Waals surface area contributed by atoms with E-state index in [0.29, 0.717) is 5.56 Å². The van der Waals surface area contributed by atoms with E-state index in [-0.39, 0.29) is 5.69 Å². The Labute approximate surface area is 125 Å². The van der Waals surface area contributed by atoms with Gasteiger partial charge in [0.05, 0.1) is 5.69 Å². The fourth-order valence-corrected chi connectivity index (χ4v) is 2.62. The molecule has 1 unspecified atom stereocenters. The third-order valence-corrected chi connectivity index (χ3v) is 3.61. The van der Waals surface area contributed by atoms with Gasteiger partial charge in [-0.25, -0.2) is 4.39 Å². The quantitative estimate of drug-likeness (QED) is 0.897. The number of nitrogens with two attached hydrogens (primary N) is 1. The second-order valence-corrected chi connectivity index (χ2v) is 5.34. The van der Waals surface area contributed by atoms with Crippen LogP contribution in [-0.4, -0.2) is 5.91 Å². The van der Waals surface area contributed by atoms with Gasteiger partial charge in [0.15, 0.2) is 0 Å². The van der Waals surface area contributed by atoms with Crippen LogP contribution in [0.3, 0.4) is 0 Å². The molecule has 2 aromatic carbocycles. The van der Waals surface area contributed by atoms with E-state index < -0.39 is 17.8 Å². The molecule has 0 aliphatic carbocycles. The van der Waals surface area contributed by atoms with Crippen LogP contribution in [0, 0.1) is 12.7 Å². The minimum Gasteiger partial charge on any atom is -0.368 e. The van der Waals surface area contributed by atoms with Gasteiger partial charge in [-0.1, -0.05) is 40.2 Å². The summed E-state index contributed by atoms with van der Waals surface area (Å²) in [6.45, 7) is 1.94. The molecular formula is C15H14BrFN2O. The molecule has 0 heterocycles. The van der Waals surface area contributed by atoms with Crippen LogP contribution in [0.1, 0.15) is 17.2 Å². The predicted molar refractivity (Wildman–Crippen MR) is 80.8 cm³/mol. The molecular weight excluding hydrogens is 323 g/mol. The molecule has 0 radical (unpaired) electrons. The standard InChI is InChI=1S/C15H14BrFN2O/c1-9-6-7-10(11(16)8-9)14(15(18)20)19-13-5-3-2-4-12(13)17/h2-8,14,19H,1H3,(H2,18,20). The smallest absolute Gasteiger partial charge is 0.244 e. The van der Waals surface area contributed by atoms with Gasteiger partial charge in [-0.2, -0.15) is 0 Å². The molecule has 0 fully saturated rings. The van der Waals surface area contributed by atoms with E-state index >= 15 is 0 Å². The van der Waals surface area contributed by atoms with Crippen LogP contribution in [0.15, 0.2) is 46.9 Å². The zero-order valence-corrected chi connectivity index (χ0v) is 12.4. The van der Waals surface area contributed by atoms with Gasteiger partial charge in [0.1, 0.15) is 11.9 Å². The third kappa shape index (κ3) is 3.17. The Morgan fingerprint density at radius 2 is 2.00 bits per heavy atom. The van der Waals surface area contributed by atoms with E-state index in [1.165, 1.54) is 6.07 Å². The van der Waals surface area contributed by atoms with Crippen LogP contribution in [-0.2, 0) is 4.79 Å². The van der Waals surface area contributed by atoms with E-state index in [2.05, 4.69) is 21.2 Å². The van der Waals surface area contributed by atoms with Crippen LogP contribution in [0.25, 0.3) is 0 Å². The van der Waals surface area contributed by atoms with Crippen LogP contribution in [0.5, 0.6) is 0 Å². The Balaban J connectivity index is 2.37. The average molecular weight is 337 g/mol. The molecule has 0 aliphatic heterocycles. The summed E-state index contributed by atoms with van der Waals surface area (Å²) >= 11 is 3.41. The lowest BCUT2D eigenvalue weighted by atomic mass is 10.0. The topological polar surface area (TPSA) is 55.1 Å². The molecule has 0 aromatic heterocycles. The molecule has 1 amide bonds. The number of benzene rings is 2. The monoisotopic (exact) mass is 336 g/mol. The number of anilines is 1. The second kappa shape index (κ2) is 6.05. The number of primary amides is 1. The fraction of sp³-hybridized carbons (Fsp3) is 0.133. The van der Waals surface area contributed by atoms with Crippen LogP contribution in [0.4, 0.5) is 10.1 Å². The van der Waals surface area contributed by atoms with Gasteiger partial charge in [-0.3, -0.25) is 4.79 Å². The number of hydrogen-bond acceptors (Lipinski definition) is 2. The first-order chi connectivity index (χ1) is 9.49. The second-order valence-electron chi connectivity index (χ2n) is 4.48. The maximum absolute atomic E-state index is 13.7. The summed E-state index contributed by atoms with van der Waals surface area (Å²) in [5.74, 6) is -1.00. The van der Waals surface area contributed by atoms with E-state index in [0.717, 1.165) is 10.0 Å². The molecule has 2 rings (SSSR count). The number of rotatable bonds is 4. The SMILES string of the molecule is Cc1ccc(C(Nc2ccccc2F)C(N)=O)c(Br)c1. The number of amides is 1. The van der Waals surface area contributed by atoms with Crippen molar-refractivity contribution in [2.75, 3.05) is 5.32 Å². The highest BCUT2D eigenvalue weighted by Gasteiger charge is 2.21. The van der Waals surface area contributed by atoms with E-state index in [1.807, 2.05) is 19.1 Å². The largest absolute Gasteiger partial charge is 0.368 e. The molecule has 0 bridgehead atoms. The normalized spacial score (nSPS) is 11.9. The highest BCUT2D eigenvalue weighted by molar-refractivity contribution is 9.10. The molecule has 0 spiro atoms. The van der Waals surface area contributed by atoms with Crippen molar-refractivity contribution in [1.82, 2.24) is 0 Å². The molecule has 0 saturated heterocycles. The lowest BCUT2D eigenvalue weighted by molar-refractivity contribution is -0.118. The number of carbonyl (C=O) groups is 1. The molecule has 0 saturated carbocycles. The fourth-order valence-electron chi connectivity index (χ4n) is 1.90. The summed E-state index contributed by atoms with van der Waals surface area (Å²) in [6.07, 6.45) is 0. The van der Waals surface area contributed by atoms with Crippen molar-refractivity contribution in [3.63, 3.8) is 0 Å². The van der Waals surface area contributed by atoms with E-state index in [1.54, 1.807) is 24.3 Å². The maximum Gasteiger partial charge on any atom is 0.244 e. The molecule has 104 valence electrons. The van der Waals surface area contributed by atoms with Crippen LogP contribution in [0.2, 0.25) is 0 Å². The summed E-state index contributed by atoms with van der Waals surface area (Å²) in [4.78, 5) is 11.7. The minimum absolute atomic E-state index is 0.240. The summed E-state index contributed by atoms with van der Waals surface area (Å²) in [5, 5.41) is 2.84. The molecule has 2 aromatic rings. The van der Waals surface area contributed by atoms with Crippen molar-refractivity contribution in [2.24, 2.45) is 5.73 Å². The molecule has 5 heteroatoms. The summed E-state index contributed by atoms with van der Waals surface area (Å²) in [7, 11) is 0. The van der Waals surface area contributed by atoms with Gasteiger partial charge < -0.3 is 11.1 Å². The summed E-state index contributed by atoms with van der Waals surface area (Å²) in [6, 6.07) is 10.9. The van der Waals surface area contributed by atoms with Crippen LogP contribution >= 0.6 is 15.9 Å². The first-order valence-corrected chi connectivity index (χ1v) is 6.85. The van der Waals surface area contributed by atoms with Crippen molar-refractivity contribution in [3.8, 4) is 0 Å². The van der Waals surface area contributed by atoms with Gasteiger partial charge >= 0.3 is 0 Å². The Morgan fingerprint density at radius 3 is 2.60 bits per heavy atom. The Morgan fingerprint density at radius 1 is 1.30 bits per heavy atom. The number of halogens is 2. The lowest BCUT2D eigenvalue weighted by Gasteiger charge is -2.19. The highest BCUT2D eigenvalue weighted by atomic mass is 79.9. The van der Waals surface area contributed by atoms with E-state index in [9.17, 15) is 9.18 Å². The number of nitrogens with one attached hydrogen (secondary N) is 1. The Bertz CT molecular complexity index is 646. The third-order valence-electron chi connectivity index (χ3n) is 2.93. The van der Waals surface area contributed by atoms with Gasteiger partial charge in [-0.15, -0.1) is 0 Å². The summed E-state index contributed by atoms with van der Waals surface area (Å²) in [5.41, 5.74) is 7.39. The molecule has 0 aliphatic rings. The first-order valence-electron chi connectivity index (χ1n) is 6.05. The van der Waals surface area contributed by atoms with Crippen LogP contribution < -0.4 is 11.1 Å². The van der Waals surface area contributed by atoms with Crippen molar-refractivity contribution in [1.29, 1.82) is 0 Å². The zero-order valence-electron chi connectivity index (χ0n) is 10.9. The lowest BCUT2D eigenvalue weighted by Crippen LogP contribution is -2.28. The molecule has 1 atom stereocenters. The molecule has 3 nitrogen and oxygen atoms in total. The van der Waals surface area contributed by atoms with Crippen molar-refractivity contribution < 1.29 is 9.18 Å². The van der Waals surface area contributed by atoms with Gasteiger partial charge in [-0.05, 0) is 36.2 Å². The Hall–Kier alpha value is -1.88. The zero-order chi connectivity index (χ0) is 14.7. The first kappa shape index (κ1) is 14.5. The maximum atomic E-state index is 13.7. The van der Waals surface area contributed by atoms with Gasteiger partial charge in [0.2, 0.25) is 5.91 Å². The number of carbonyl (C=O) groups excluding carboxylic acids is 1. The number of hydrogen-bond donors (Lipinski definition) is 2. The average Bonchev–Trinajstić information content (AvgIpc) is 2.38. The minimum atomic E-state index is -0.804. The molecule has 20 heavy (non-hydrogen) atoms. The summed E-state index contributed by atoms with van der Waals surface area (Å²) < 4.78 is 14.4. The molecule has 3 N–H and O–H groups in total. The highest BCUT2D eigenvalue weighted by Crippen LogP contribution is 2.28. The van der Waals surface area contributed by atoms with Gasteiger partial charge in [0.25, 0.3) is 0 Å². The van der Waals surface area contributed by atoms with Crippen molar-refractivity contribution in [2.45, 2.75) is 13.0 Å².